The molecule has 26 heavy (non-hydrogen) atoms. The summed E-state index contributed by atoms with van der Waals surface area (Å²) in [4.78, 5) is 24.2. The SMILES string of the molecule is CCS(=O)(=O)N(C)C1=C(OC(C)=O)C(=O)C(C)(c2ccc(Cl)c(F)c2)O1. The molecule has 142 valence electrons. The summed E-state index contributed by atoms with van der Waals surface area (Å²) in [7, 11) is -2.64. The lowest BCUT2D eigenvalue weighted by Crippen LogP contribution is -2.33. The summed E-state index contributed by atoms with van der Waals surface area (Å²) in [6, 6.07) is 3.61. The molecular formula is C16H17ClFNO6S. The Morgan fingerprint density at radius 1 is 1.42 bits per heavy atom. The molecule has 0 aliphatic carbocycles. The molecule has 7 nitrogen and oxygen atoms in total. The Hall–Kier alpha value is -2.13. The number of Topliss-reactive ketones (excluding diaryl/α,β-unsaturated/α-hetero) is 1. The van der Waals surface area contributed by atoms with Crippen molar-refractivity contribution < 1.29 is 31.9 Å². The number of halogens is 2. The molecule has 0 spiro atoms. The van der Waals surface area contributed by atoms with E-state index in [9.17, 15) is 22.4 Å². The first kappa shape index (κ1) is 20.2. The van der Waals surface area contributed by atoms with Gasteiger partial charge < -0.3 is 9.47 Å². The van der Waals surface area contributed by atoms with Crippen molar-refractivity contribution in [1.29, 1.82) is 0 Å². The van der Waals surface area contributed by atoms with Crippen LogP contribution in [0.4, 0.5) is 4.39 Å². The lowest BCUT2D eigenvalue weighted by molar-refractivity contribution is -0.142. The van der Waals surface area contributed by atoms with Gasteiger partial charge in [0.1, 0.15) is 5.82 Å². The third kappa shape index (κ3) is 3.41. The molecule has 0 N–H and O–H groups in total. The third-order valence-corrected chi connectivity index (χ3v) is 5.96. The maximum absolute atomic E-state index is 13.8. The first-order chi connectivity index (χ1) is 11.9. The molecule has 1 aliphatic rings. The second kappa shape index (κ2) is 6.88. The van der Waals surface area contributed by atoms with Crippen molar-refractivity contribution in [1.82, 2.24) is 4.31 Å². The van der Waals surface area contributed by atoms with Crippen LogP contribution in [0.3, 0.4) is 0 Å². The second-order valence-electron chi connectivity index (χ2n) is 5.69. The van der Waals surface area contributed by atoms with Gasteiger partial charge in [0.25, 0.3) is 11.7 Å². The number of sulfonamides is 1. The van der Waals surface area contributed by atoms with Crippen LogP contribution in [0.2, 0.25) is 5.02 Å². The highest BCUT2D eigenvalue weighted by Gasteiger charge is 2.51. The van der Waals surface area contributed by atoms with E-state index in [4.69, 9.17) is 21.1 Å². The van der Waals surface area contributed by atoms with Gasteiger partial charge in [-0.1, -0.05) is 17.7 Å². The Kier molecular flexibility index (Phi) is 5.34. The number of carbonyl (C=O) groups is 2. The predicted molar refractivity (Wildman–Crippen MR) is 90.9 cm³/mol. The van der Waals surface area contributed by atoms with E-state index < -0.39 is 44.8 Å². The van der Waals surface area contributed by atoms with Crippen LogP contribution < -0.4 is 0 Å². The van der Waals surface area contributed by atoms with E-state index in [1.165, 1.54) is 33.0 Å². The summed E-state index contributed by atoms with van der Waals surface area (Å²) in [6.45, 7) is 3.78. The predicted octanol–water partition coefficient (Wildman–Crippen LogP) is 2.31. The van der Waals surface area contributed by atoms with Crippen LogP contribution in [0.25, 0.3) is 0 Å². The highest BCUT2D eigenvalue weighted by Crippen LogP contribution is 2.41. The van der Waals surface area contributed by atoms with Gasteiger partial charge in [0.15, 0.2) is 5.60 Å². The van der Waals surface area contributed by atoms with Crippen molar-refractivity contribution in [3.63, 3.8) is 0 Å². The number of rotatable bonds is 5. The molecule has 1 aromatic rings. The van der Waals surface area contributed by atoms with Gasteiger partial charge in [0.2, 0.25) is 15.8 Å². The zero-order valence-corrected chi connectivity index (χ0v) is 16.1. The summed E-state index contributed by atoms with van der Waals surface area (Å²) in [5.74, 6) is -3.70. The zero-order valence-electron chi connectivity index (χ0n) is 14.5. The monoisotopic (exact) mass is 405 g/mol. The van der Waals surface area contributed by atoms with Crippen LogP contribution in [0.1, 0.15) is 26.3 Å². The molecule has 0 saturated heterocycles. The van der Waals surface area contributed by atoms with Crippen molar-refractivity contribution in [2.24, 2.45) is 0 Å². The van der Waals surface area contributed by atoms with Crippen LogP contribution in [-0.2, 0) is 34.7 Å². The number of ether oxygens (including phenoxy) is 2. The van der Waals surface area contributed by atoms with Gasteiger partial charge in [-0.15, -0.1) is 0 Å². The molecule has 0 bridgehead atoms. The summed E-state index contributed by atoms with van der Waals surface area (Å²) >= 11 is 5.66. The lowest BCUT2D eigenvalue weighted by Gasteiger charge is -2.26. The molecule has 0 radical (unpaired) electrons. The maximum atomic E-state index is 13.8. The number of nitrogens with zero attached hydrogens (tertiary/aromatic N) is 1. The first-order valence-corrected chi connectivity index (χ1v) is 9.51. The molecule has 1 aromatic carbocycles. The molecule has 0 fully saturated rings. The van der Waals surface area contributed by atoms with Gasteiger partial charge in [-0.2, -0.15) is 0 Å². The fourth-order valence-corrected chi connectivity index (χ4v) is 3.22. The molecule has 1 heterocycles. The second-order valence-corrected chi connectivity index (χ2v) is 8.39. The topological polar surface area (TPSA) is 90.0 Å². The van der Waals surface area contributed by atoms with Gasteiger partial charge in [0, 0.05) is 19.5 Å². The first-order valence-electron chi connectivity index (χ1n) is 7.52. The van der Waals surface area contributed by atoms with E-state index in [1.54, 1.807) is 0 Å². The van der Waals surface area contributed by atoms with Crippen LogP contribution in [-0.4, -0.2) is 37.3 Å². The Balaban J connectivity index is 2.58. The van der Waals surface area contributed by atoms with Crippen LogP contribution in [0.5, 0.6) is 0 Å². The van der Waals surface area contributed by atoms with Crippen molar-refractivity contribution in [3.05, 3.63) is 46.2 Å². The molecule has 1 unspecified atom stereocenters. The Bertz CT molecular complexity index is 913. The van der Waals surface area contributed by atoms with E-state index in [-0.39, 0.29) is 16.3 Å². The van der Waals surface area contributed by atoms with Gasteiger partial charge in [-0.05, 0) is 26.0 Å². The van der Waals surface area contributed by atoms with Gasteiger partial charge >= 0.3 is 5.97 Å². The van der Waals surface area contributed by atoms with E-state index in [2.05, 4.69) is 0 Å². The minimum atomic E-state index is -3.81. The molecule has 0 amide bonds. The van der Waals surface area contributed by atoms with Gasteiger partial charge in [-0.25, -0.2) is 17.1 Å². The van der Waals surface area contributed by atoms with Crippen molar-refractivity contribution in [3.8, 4) is 0 Å². The Labute approximate surface area is 155 Å². The molecular weight excluding hydrogens is 389 g/mol. The van der Waals surface area contributed by atoms with E-state index in [1.807, 2.05) is 0 Å². The average Bonchev–Trinajstić information content (AvgIpc) is 2.82. The standard InChI is InChI=1S/C16H17ClFNO6S/c1-5-26(22,23)19(4)15-13(24-9(2)20)14(21)16(3,25-15)10-6-7-11(17)12(18)8-10/h6-8H,5H2,1-4H3. The quantitative estimate of drug-likeness (QED) is 0.698. The molecule has 0 aromatic heterocycles. The number of carbonyl (C=O) groups excluding carboxylic acids is 2. The maximum Gasteiger partial charge on any atom is 0.308 e. The van der Waals surface area contributed by atoms with E-state index in [0.717, 1.165) is 17.3 Å². The number of esters is 1. The van der Waals surface area contributed by atoms with Gasteiger partial charge in [-0.3, -0.25) is 9.59 Å². The Morgan fingerprint density at radius 3 is 2.54 bits per heavy atom. The molecule has 2 rings (SSSR count). The minimum absolute atomic E-state index is 0.0892. The van der Waals surface area contributed by atoms with Crippen LogP contribution >= 0.6 is 11.6 Å². The Morgan fingerprint density at radius 2 is 2.04 bits per heavy atom. The smallest absolute Gasteiger partial charge is 0.308 e. The van der Waals surface area contributed by atoms with Crippen LogP contribution in [0.15, 0.2) is 29.8 Å². The minimum Gasteiger partial charge on any atom is -0.456 e. The molecule has 1 atom stereocenters. The highest BCUT2D eigenvalue weighted by atomic mass is 35.5. The average molecular weight is 406 g/mol. The number of ketones is 1. The lowest BCUT2D eigenvalue weighted by atomic mass is 9.91. The van der Waals surface area contributed by atoms with Crippen LogP contribution in [0, 0.1) is 5.82 Å². The van der Waals surface area contributed by atoms with Crippen molar-refractivity contribution in [2.75, 3.05) is 12.8 Å². The molecule has 1 aliphatic heterocycles. The summed E-state index contributed by atoms with van der Waals surface area (Å²) in [5, 5.41) is -0.151. The number of hydrogen-bond acceptors (Lipinski definition) is 6. The highest BCUT2D eigenvalue weighted by molar-refractivity contribution is 7.89. The van der Waals surface area contributed by atoms with Crippen molar-refractivity contribution >= 4 is 33.4 Å². The fourth-order valence-electron chi connectivity index (χ4n) is 2.34. The molecule has 0 saturated carbocycles. The summed E-state index contributed by atoms with van der Waals surface area (Å²) < 4.78 is 49.4. The van der Waals surface area contributed by atoms with Crippen molar-refractivity contribution in [2.45, 2.75) is 26.4 Å². The fraction of sp³-hybridized carbons (Fsp3) is 0.375. The third-order valence-electron chi connectivity index (χ3n) is 3.92. The number of benzene rings is 1. The summed E-state index contributed by atoms with van der Waals surface area (Å²) in [6.07, 6.45) is 0. The van der Waals surface area contributed by atoms with Gasteiger partial charge in [0.05, 0.1) is 10.8 Å². The zero-order chi connectivity index (χ0) is 19.9. The summed E-state index contributed by atoms with van der Waals surface area (Å²) in [5.41, 5.74) is -1.70. The largest absolute Gasteiger partial charge is 0.456 e. The number of hydrogen-bond donors (Lipinski definition) is 0. The van der Waals surface area contributed by atoms with E-state index in [0.29, 0.717) is 0 Å². The normalized spacial score (nSPS) is 20.2. The molecule has 10 heteroatoms. The van der Waals surface area contributed by atoms with E-state index >= 15 is 0 Å².